The predicted molar refractivity (Wildman–Crippen MR) is 56.3 cm³/mol. The summed E-state index contributed by atoms with van der Waals surface area (Å²) in [6.07, 6.45) is 11.9. The number of hydrogen-bond donors (Lipinski definition) is 1. The average molecular weight is 195 g/mol. The van der Waals surface area contributed by atoms with Crippen LogP contribution in [0.1, 0.15) is 51.4 Å². The van der Waals surface area contributed by atoms with Gasteiger partial charge in [-0.2, -0.15) is 0 Å². The smallest absolute Gasteiger partial charge is 0.0608 e. The first-order chi connectivity index (χ1) is 6.90. The summed E-state index contributed by atoms with van der Waals surface area (Å²) in [6.45, 7) is 0. The highest BCUT2D eigenvalue weighted by atomic mass is 16.5. The molecular weight excluding hydrogens is 174 g/mol. The molecule has 1 saturated carbocycles. The Kier molecular flexibility index (Phi) is 2.50. The summed E-state index contributed by atoms with van der Waals surface area (Å²) in [5.41, 5.74) is 0. The van der Waals surface area contributed by atoms with Crippen LogP contribution in [0.4, 0.5) is 0 Å². The van der Waals surface area contributed by atoms with E-state index < -0.39 is 0 Å². The highest BCUT2D eigenvalue weighted by molar-refractivity contribution is 4.93. The molecule has 14 heavy (non-hydrogen) atoms. The highest BCUT2D eigenvalue weighted by Crippen LogP contribution is 2.31. The number of hydrogen-bond acceptors (Lipinski definition) is 2. The van der Waals surface area contributed by atoms with Gasteiger partial charge in [0.1, 0.15) is 0 Å². The van der Waals surface area contributed by atoms with Crippen LogP contribution in [0, 0.1) is 0 Å². The van der Waals surface area contributed by atoms with Crippen molar-refractivity contribution in [2.75, 3.05) is 0 Å². The summed E-state index contributed by atoms with van der Waals surface area (Å²) >= 11 is 0. The lowest BCUT2D eigenvalue weighted by Crippen LogP contribution is -2.42. The first-order valence-corrected chi connectivity index (χ1v) is 6.31. The Morgan fingerprint density at radius 1 is 0.786 bits per heavy atom. The van der Waals surface area contributed by atoms with Crippen LogP contribution in [0.15, 0.2) is 0 Å². The van der Waals surface area contributed by atoms with Gasteiger partial charge in [0.25, 0.3) is 0 Å². The molecule has 0 aromatic rings. The number of piperidine rings is 1. The molecule has 1 N–H and O–H groups in total. The number of fused-ring (bicyclic) bond motifs is 2. The van der Waals surface area contributed by atoms with Gasteiger partial charge in [-0.1, -0.05) is 12.8 Å². The third-order valence-electron chi connectivity index (χ3n) is 4.12. The molecule has 0 amide bonds. The van der Waals surface area contributed by atoms with Gasteiger partial charge >= 0.3 is 0 Å². The maximum atomic E-state index is 6.19. The molecule has 0 aromatic heterocycles. The van der Waals surface area contributed by atoms with Gasteiger partial charge < -0.3 is 10.1 Å². The third-order valence-corrected chi connectivity index (χ3v) is 4.12. The largest absolute Gasteiger partial charge is 0.375 e. The van der Waals surface area contributed by atoms with E-state index in [0.29, 0.717) is 12.2 Å². The molecule has 0 spiro atoms. The summed E-state index contributed by atoms with van der Waals surface area (Å²) in [4.78, 5) is 0. The average Bonchev–Trinajstić information content (AvgIpc) is 2.77. The normalized spacial score (nSPS) is 43.3. The van der Waals surface area contributed by atoms with E-state index in [1.165, 1.54) is 51.4 Å². The Labute approximate surface area is 86.4 Å². The van der Waals surface area contributed by atoms with Crippen molar-refractivity contribution in [2.45, 2.75) is 75.7 Å². The summed E-state index contributed by atoms with van der Waals surface area (Å²) in [7, 11) is 0. The Morgan fingerprint density at radius 3 is 2.07 bits per heavy atom. The summed E-state index contributed by atoms with van der Waals surface area (Å²) in [6, 6.07) is 1.56. The lowest BCUT2D eigenvalue weighted by Gasteiger charge is -2.31. The van der Waals surface area contributed by atoms with E-state index in [2.05, 4.69) is 5.32 Å². The number of rotatable bonds is 2. The minimum Gasteiger partial charge on any atom is -0.375 e. The van der Waals surface area contributed by atoms with E-state index >= 15 is 0 Å². The molecule has 3 fully saturated rings. The van der Waals surface area contributed by atoms with E-state index in [1.54, 1.807) is 0 Å². The van der Waals surface area contributed by atoms with Crippen molar-refractivity contribution in [3.63, 3.8) is 0 Å². The Morgan fingerprint density at radius 2 is 1.43 bits per heavy atom. The molecule has 0 unspecified atom stereocenters. The SMILES string of the molecule is C1CCC(O[C@@H]2C[C@H]3CC[C@@H](C2)N3)C1. The molecule has 2 heterocycles. The lowest BCUT2D eigenvalue weighted by atomic mass is 10.0. The zero-order valence-corrected chi connectivity index (χ0v) is 8.87. The van der Waals surface area contributed by atoms with Crippen LogP contribution in [0.3, 0.4) is 0 Å². The van der Waals surface area contributed by atoms with Crippen molar-refractivity contribution in [1.82, 2.24) is 5.32 Å². The molecule has 3 rings (SSSR count). The fourth-order valence-corrected chi connectivity index (χ4v) is 3.41. The monoisotopic (exact) mass is 195 g/mol. The van der Waals surface area contributed by atoms with Crippen LogP contribution < -0.4 is 5.32 Å². The van der Waals surface area contributed by atoms with Crippen LogP contribution in [0.2, 0.25) is 0 Å². The zero-order valence-electron chi connectivity index (χ0n) is 8.87. The van der Waals surface area contributed by atoms with Gasteiger partial charge in [0, 0.05) is 12.1 Å². The number of ether oxygens (including phenoxy) is 1. The molecule has 2 saturated heterocycles. The topological polar surface area (TPSA) is 21.3 Å². The second kappa shape index (κ2) is 3.82. The maximum Gasteiger partial charge on any atom is 0.0608 e. The second-order valence-corrected chi connectivity index (χ2v) is 5.27. The van der Waals surface area contributed by atoms with E-state index in [4.69, 9.17) is 4.74 Å². The van der Waals surface area contributed by atoms with Gasteiger partial charge in [-0.3, -0.25) is 0 Å². The third kappa shape index (κ3) is 1.82. The van der Waals surface area contributed by atoms with Crippen molar-refractivity contribution in [3.8, 4) is 0 Å². The fraction of sp³-hybridized carbons (Fsp3) is 1.00. The van der Waals surface area contributed by atoms with Crippen LogP contribution in [0.25, 0.3) is 0 Å². The molecule has 0 aromatic carbocycles. The molecule has 80 valence electrons. The Hall–Kier alpha value is -0.0800. The van der Waals surface area contributed by atoms with Crippen LogP contribution in [-0.4, -0.2) is 24.3 Å². The zero-order chi connectivity index (χ0) is 9.38. The minimum atomic E-state index is 0.580. The van der Waals surface area contributed by atoms with Crippen molar-refractivity contribution in [1.29, 1.82) is 0 Å². The van der Waals surface area contributed by atoms with Gasteiger partial charge in [-0.05, 0) is 38.5 Å². The van der Waals surface area contributed by atoms with Crippen molar-refractivity contribution in [3.05, 3.63) is 0 Å². The van der Waals surface area contributed by atoms with E-state index in [9.17, 15) is 0 Å². The molecule has 3 aliphatic rings. The van der Waals surface area contributed by atoms with Crippen LogP contribution >= 0.6 is 0 Å². The van der Waals surface area contributed by atoms with E-state index in [0.717, 1.165) is 12.1 Å². The summed E-state index contributed by atoms with van der Waals surface area (Å²) in [5, 5.41) is 3.67. The molecule has 2 nitrogen and oxygen atoms in total. The lowest BCUT2D eigenvalue weighted by molar-refractivity contribution is -0.0314. The van der Waals surface area contributed by atoms with Crippen molar-refractivity contribution in [2.24, 2.45) is 0 Å². The Bertz CT molecular complexity index is 188. The molecule has 1 aliphatic carbocycles. The van der Waals surface area contributed by atoms with E-state index in [1.807, 2.05) is 0 Å². The summed E-state index contributed by atoms with van der Waals surface area (Å²) in [5.74, 6) is 0. The van der Waals surface area contributed by atoms with Gasteiger partial charge in [0.05, 0.1) is 12.2 Å². The van der Waals surface area contributed by atoms with E-state index in [-0.39, 0.29) is 0 Å². The Balaban J connectivity index is 1.53. The van der Waals surface area contributed by atoms with Gasteiger partial charge in [-0.25, -0.2) is 0 Å². The maximum absolute atomic E-state index is 6.19. The number of nitrogens with one attached hydrogen (secondary N) is 1. The molecular formula is C12H21NO. The molecule has 3 atom stereocenters. The van der Waals surface area contributed by atoms with Gasteiger partial charge in [0.15, 0.2) is 0 Å². The molecule has 2 heteroatoms. The fourth-order valence-electron chi connectivity index (χ4n) is 3.41. The highest BCUT2D eigenvalue weighted by Gasteiger charge is 2.35. The quantitative estimate of drug-likeness (QED) is 0.729. The van der Waals surface area contributed by atoms with Gasteiger partial charge in [-0.15, -0.1) is 0 Å². The molecule has 2 bridgehead atoms. The molecule has 0 radical (unpaired) electrons. The van der Waals surface area contributed by atoms with Crippen molar-refractivity contribution < 1.29 is 4.74 Å². The second-order valence-electron chi connectivity index (χ2n) is 5.27. The minimum absolute atomic E-state index is 0.580. The summed E-state index contributed by atoms with van der Waals surface area (Å²) < 4.78 is 6.19. The predicted octanol–water partition coefficient (Wildman–Crippen LogP) is 2.23. The standard InChI is InChI=1S/C12H21NO/c1-2-4-11(3-1)14-12-7-9-5-6-10(8-12)13-9/h9-13H,1-8H2/t9-,10+,12-. The van der Waals surface area contributed by atoms with Gasteiger partial charge in [0.2, 0.25) is 0 Å². The first-order valence-electron chi connectivity index (χ1n) is 6.31. The van der Waals surface area contributed by atoms with Crippen LogP contribution in [-0.2, 0) is 4.74 Å². The van der Waals surface area contributed by atoms with Crippen LogP contribution in [0.5, 0.6) is 0 Å². The first kappa shape index (κ1) is 9.17. The van der Waals surface area contributed by atoms with Crippen molar-refractivity contribution >= 4 is 0 Å². The molecule has 2 aliphatic heterocycles.